The van der Waals surface area contributed by atoms with Crippen LogP contribution in [0.5, 0.6) is 11.5 Å². The summed E-state index contributed by atoms with van der Waals surface area (Å²) in [5, 5.41) is 12.1. The molecule has 1 aliphatic heterocycles. The minimum Gasteiger partial charge on any atom is -0.490 e. The van der Waals surface area contributed by atoms with Gasteiger partial charge in [0.05, 0.1) is 29.9 Å². The van der Waals surface area contributed by atoms with Crippen LogP contribution >= 0.6 is 11.8 Å². The molecular weight excluding hydrogens is 448 g/mol. The number of rotatable bonds is 8. The number of carbonyl (C=O) groups is 3. The van der Waals surface area contributed by atoms with E-state index in [4.69, 9.17) is 19.3 Å². The Balaban J connectivity index is 1.85. The fourth-order valence-electron chi connectivity index (χ4n) is 2.82. The largest absolute Gasteiger partial charge is 0.490 e. The van der Waals surface area contributed by atoms with Gasteiger partial charge < -0.3 is 24.6 Å². The molecule has 10 heteroatoms. The van der Waals surface area contributed by atoms with Crippen molar-refractivity contribution in [1.82, 2.24) is 5.32 Å². The van der Waals surface area contributed by atoms with Crippen LogP contribution in [0, 0.1) is 0 Å². The molecule has 1 heterocycles. The van der Waals surface area contributed by atoms with Gasteiger partial charge in [-0.2, -0.15) is 0 Å². The monoisotopic (exact) mass is 470 g/mol. The summed E-state index contributed by atoms with van der Waals surface area (Å²) >= 11 is 1.12. The van der Waals surface area contributed by atoms with Gasteiger partial charge in [-0.3, -0.25) is 4.79 Å². The van der Waals surface area contributed by atoms with Crippen molar-refractivity contribution < 1.29 is 33.7 Å². The highest BCUT2D eigenvalue weighted by molar-refractivity contribution is 8.18. The molecule has 1 saturated heterocycles. The predicted molar refractivity (Wildman–Crippen MR) is 124 cm³/mol. The summed E-state index contributed by atoms with van der Waals surface area (Å²) in [6.45, 7) is 3.57. The standard InChI is InChI=1S/C23H22N2O7S/c1-4-31-18-11-14(9-10-17(18)32-13(2)21(27)28)12-19-20(26)25-23(33-19)24-16-8-6-5-7-15(16)22(29)30-3/h5-13H,4H2,1-3H3,(H,27,28)(H,24,25,26)/b19-12+. The number of para-hydroxylation sites is 1. The van der Waals surface area contributed by atoms with E-state index in [0.29, 0.717) is 39.4 Å². The number of carbonyl (C=O) groups excluding carboxylic acids is 2. The Kier molecular flexibility index (Phi) is 7.73. The van der Waals surface area contributed by atoms with Gasteiger partial charge in [-0.1, -0.05) is 18.2 Å². The number of methoxy groups -OCH3 is 1. The van der Waals surface area contributed by atoms with Crippen LogP contribution < -0.4 is 14.8 Å². The maximum absolute atomic E-state index is 12.5. The summed E-state index contributed by atoms with van der Waals surface area (Å²) in [5.74, 6) is -1.30. The molecule has 1 unspecified atom stereocenters. The van der Waals surface area contributed by atoms with E-state index in [0.717, 1.165) is 11.8 Å². The highest BCUT2D eigenvalue weighted by Gasteiger charge is 2.25. The molecule has 0 aromatic heterocycles. The average Bonchev–Trinajstić information content (AvgIpc) is 3.13. The van der Waals surface area contributed by atoms with Crippen molar-refractivity contribution in [3.63, 3.8) is 0 Å². The van der Waals surface area contributed by atoms with Crippen molar-refractivity contribution in [1.29, 1.82) is 0 Å². The number of hydrogen-bond donors (Lipinski definition) is 2. The number of benzene rings is 2. The van der Waals surface area contributed by atoms with Crippen molar-refractivity contribution >= 4 is 46.5 Å². The molecule has 2 N–H and O–H groups in total. The fourth-order valence-corrected chi connectivity index (χ4v) is 3.65. The molecule has 0 bridgehead atoms. The number of nitrogens with one attached hydrogen (secondary N) is 1. The molecule has 9 nitrogen and oxygen atoms in total. The first-order valence-corrected chi connectivity index (χ1v) is 10.8. The number of aliphatic imine (C=N–C) groups is 1. The van der Waals surface area contributed by atoms with Gasteiger partial charge in [0.15, 0.2) is 22.8 Å². The van der Waals surface area contributed by atoms with E-state index in [9.17, 15) is 14.4 Å². The van der Waals surface area contributed by atoms with E-state index in [2.05, 4.69) is 10.3 Å². The number of aliphatic carboxylic acids is 1. The zero-order valence-corrected chi connectivity index (χ0v) is 19.0. The topological polar surface area (TPSA) is 124 Å². The summed E-state index contributed by atoms with van der Waals surface area (Å²) in [6, 6.07) is 11.6. The van der Waals surface area contributed by atoms with Crippen molar-refractivity contribution in [2.75, 3.05) is 13.7 Å². The predicted octanol–water partition coefficient (Wildman–Crippen LogP) is 3.62. The number of amidine groups is 1. The van der Waals surface area contributed by atoms with Gasteiger partial charge in [-0.15, -0.1) is 0 Å². The maximum atomic E-state index is 12.5. The molecule has 172 valence electrons. The molecule has 2 aromatic rings. The van der Waals surface area contributed by atoms with Crippen LogP contribution in [-0.2, 0) is 14.3 Å². The van der Waals surface area contributed by atoms with E-state index in [1.807, 2.05) is 0 Å². The lowest BCUT2D eigenvalue weighted by Gasteiger charge is -2.15. The normalized spacial score (nSPS) is 16.4. The summed E-state index contributed by atoms with van der Waals surface area (Å²) in [5.41, 5.74) is 1.32. The summed E-state index contributed by atoms with van der Waals surface area (Å²) < 4.78 is 15.8. The zero-order valence-electron chi connectivity index (χ0n) is 18.2. The third-order valence-corrected chi connectivity index (χ3v) is 5.31. The Morgan fingerprint density at radius 3 is 2.67 bits per heavy atom. The lowest BCUT2D eigenvalue weighted by Crippen LogP contribution is -2.23. The third-order valence-electron chi connectivity index (χ3n) is 4.40. The fraction of sp³-hybridized carbons (Fsp3) is 0.217. The van der Waals surface area contributed by atoms with Crippen molar-refractivity contribution in [2.45, 2.75) is 20.0 Å². The second-order valence-electron chi connectivity index (χ2n) is 6.73. The minimum absolute atomic E-state index is 0.285. The number of carboxylic acids is 1. The number of carboxylic acid groups (broad SMARTS) is 1. The zero-order chi connectivity index (χ0) is 24.0. The number of nitrogens with zero attached hydrogens (tertiary/aromatic N) is 1. The number of hydrogen-bond acceptors (Lipinski definition) is 8. The molecule has 0 radical (unpaired) electrons. The Morgan fingerprint density at radius 1 is 1.21 bits per heavy atom. The van der Waals surface area contributed by atoms with Gasteiger partial charge in [-0.05, 0) is 61.5 Å². The molecule has 2 aromatic carbocycles. The van der Waals surface area contributed by atoms with Gasteiger partial charge in [0, 0.05) is 0 Å². The van der Waals surface area contributed by atoms with E-state index in [1.54, 1.807) is 55.5 Å². The molecule has 0 spiro atoms. The van der Waals surface area contributed by atoms with Gasteiger partial charge in [0.2, 0.25) is 0 Å². The first-order chi connectivity index (χ1) is 15.8. The first kappa shape index (κ1) is 23.9. The van der Waals surface area contributed by atoms with Gasteiger partial charge in [-0.25, -0.2) is 14.6 Å². The Hall–Kier alpha value is -3.79. The van der Waals surface area contributed by atoms with Crippen LogP contribution in [0.25, 0.3) is 6.08 Å². The van der Waals surface area contributed by atoms with E-state index < -0.39 is 18.0 Å². The van der Waals surface area contributed by atoms with Crippen molar-refractivity contribution in [3.05, 3.63) is 58.5 Å². The molecule has 1 fully saturated rings. The van der Waals surface area contributed by atoms with Gasteiger partial charge in [0.25, 0.3) is 5.91 Å². The molecule has 0 saturated carbocycles. The molecular formula is C23H22N2O7S. The van der Waals surface area contributed by atoms with Crippen LogP contribution in [0.15, 0.2) is 52.4 Å². The van der Waals surface area contributed by atoms with Crippen molar-refractivity contribution in [3.8, 4) is 11.5 Å². The summed E-state index contributed by atoms with van der Waals surface area (Å²) in [6.07, 6.45) is 0.609. The average molecular weight is 471 g/mol. The number of ether oxygens (including phenoxy) is 3. The lowest BCUT2D eigenvalue weighted by molar-refractivity contribution is -0.144. The molecule has 0 aliphatic carbocycles. The van der Waals surface area contributed by atoms with E-state index in [1.165, 1.54) is 14.0 Å². The second kappa shape index (κ2) is 10.7. The maximum Gasteiger partial charge on any atom is 0.344 e. The molecule has 3 rings (SSSR count). The Labute approximate surface area is 194 Å². The SMILES string of the molecule is CCOc1cc(/C=C2/SC(=Nc3ccccc3C(=O)OC)NC2=O)ccc1OC(C)C(=O)O. The van der Waals surface area contributed by atoms with Gasteiger partial charge >= 0.3 is 11.9 Å². The Bertz CT molecular complexity index is 1140. The highest BCUT2D eigenvalue weighted by Crippen LogP contribution is 2.33. The second-order valence-corrected chi connectivity index (χ2v) is 7.76. The van der Waals surface area contributed by atoms with Crippen LogP contribution in [-0.4, -0.2) is 47.9 Å². The van der Waals surface area contributed by atoms with Gasteiger partial charge in [0.1, 0.15) is 0 Å². The number of thioether (sulfide) groups is 1. The lowest BCUT2D eigenvalue weighted by atomic mass is 10.2. The third kappa shape index (κ3) is 5.92. The molecule has 1 amide bonds. The van der Waals surface area contributed by atoms with Crippen LogP contribution in [0.2, 0.25) is 0 Å². The molecule has 1 aliphatic rings. The molecule has 1 atom stereocenters. The van der Waals surface area contributed by atoms with Crippen LogP contribution in [0.3, 0.4) is 0 Å². The quantitative estimate of drug-likeness (QED) is 0.443. The van der Waals surface area contributed by atoms with Crippen LogP contribution in [0.4, 0.5) is 5.69 Å². The molecule has 33 heavy (non-hydrogen) atoms. The van der Waals surface area contributed by atoms with Crippen molar-refractivity contribution in [2.24, 2.45) is 4.99 Å². The number of esters is 1. The number of amides is 1. The van der Waals surface area contributed by atoms with E-state index in [-0.39, 0.29) is 11.5 Å². The van der Waals surface area contributed by atoms with E-state index >= 15 is 0 Å². The smallest absolute Gasteiger partial charge is 0.344 e. The first-order valence-electron chi connectivity index (χ1n) is 9.95. The summed E-state index contributed by atoms with van der Waals surface area (Å²) in [4.78, 5) is 40.3. The summed E-state index contributed by atoms with van der Waals surface area (Å²) in [7, 11) is 1.29. The Morgan fingerprint density at radius 2 is 1.97 bits per heavy atom. The van der Waals surface area contributed by atoms with Crippen LogP contribution in [0.1, 0.15) is 29.8 Å². The highest BCUT2D eigenvalue weighted by atomic mass is 32.2. The minimum atomic E-state index is -1.09.